The van der Waals surface area contributed by atoms with Gasteiger partial charge in [0.1, 0.15) is 0 Å². The summed E-state index contributed by atoms with van der Waals surface area (Å²) in [5, 5.41) is 15.1. The highest BCUT2D eigenvalue weighted by Gasteiger charge is 2.30. The molecule has 0 unspecified atom stereocenters. The molecule has 0 aliphatic carbocycles. The minimum Gasteiger partial charge on any atom is -0.399 e. The lowest BCUT2D eigenvalue weighted by Crippen LogP contribution is -2.63. The number of nitrogens with one attached hydrogen (secondary N) is 4. The van der Waals surface area contributed by atoms with Crippen LogP contribution in [-0.2, 0) is 6.54 Å². The second kappa shape index (κ2) is 12.8. The van der Waals surface area contributed by atoms with E-state index in [1.165, 1.54) is 40.7 Å². The van der Waals surface area contributed by atoms with E-state index in [4.69, 9.17) is 5.73 Å². The largest absolute Gasteiger partial charge is 0.399 e. The van der Waals surface area contributed by atoms with Crippen molar-refractivity contribution in [2.24, 2.45) is 5.41 Å². The summed E-state index contributed by atoms with van der Waals surface area (Å²) in [6.45, 7) is 8.33. The monoisotopic (exact) mass is 469 g/mol. The zero-order chi connectivity index (χ0) is 21.1. The van der Waals surface area contributed by atoms with Crippen LogP contribution >= 0.6 is 35.3 Å². The number of thioether (sulfide) groups is 3. The average molecular weight is 470 g/mol. The van der Waals surface area contributed by atoms with Gasteiger partial charge in [-0.2, -0.15) is 23.5 Å². The fourth-order valence-corrected chi connectivity index (χ4v) is 7.32. The van der Waals surface area contributed by atoms with Crippen LogP contribution in [0.25, 0.3) is 0 Å². The molecule has 3 aliphatic heterocycles. The first kappa shape index (κ1) is 24.6. The molecule has 5 nitrogen and oxygen atoms in total. The van der Waals surface area contributed by atoms with Gasteiger partial charge in [-0.15, -0.1) is 11.8 Å². The summed E-state index contributed by atoms with van der Waals surface area (Å²) in [7, 11) is 0. The van der Waals surface area contributed by atoms with Crippen molar-refractivity contribution in [1.29, 1.82) is 0 Å². The van der Waals surface area contributed by atoms with E-state index < -0.39 is 0 Å². The summed E-state index contributed by atoms with van der Waals surface area (Å²) in [6, 6.07) is 8.23. The van der Waals surface area contributed by atoms with Gasteiger partial charge in [0.25, 0.3) is 0 Å². The van der Waals surface area contributed by atoms with Gasteiger partial charge in [0.15, 0.2) is 0 Å². The molecule has 3 heterocycles. The summed E-state index contributed by atoms with van der Waals surface area (Å²) < 4.78 is 0. The lowest BCUT2D eigenvalue weighted by Gasteiger charge is -2.37. The van der Waals surface area contributed by atoms with Crippen molar-refractivity contribution in [2.45, 2.75) is 25.4 Å². The maximum absolute atomic E-state index is 5.86. The van der Waals surface area contributed by atoms with E-state index in [0.717, 1.165) is 50.8 Å². The molecule has 3 saturated heterocycles. The van der Waals surface area contributed by atoms with Gasteiger partial charge in [-0.05, 0) is 46.8 Å². The molecule has 0 spiro atoms. The zero-order valence-corrected chi connectivity index (χ0v) is 20.8. The van der Waals surface area contributed by atoms with Crippen molar-refractivity contribution < 1.29 is 0 Å². The molecule has 0 aromatic heterocycles. The highest BCUT2D eigenvalue weighted by Crippen LogP contribution is 2.32. The van der Waals surface area contributed by atoms with Gasteiger partial charge in [0.05, 0.1) is 5.54 Å². The van der Waals surface area contributed by atoms with Gasteiger partial charge in [-0.3, -0.25) is 0 Å². The number of hydrogen-bond donors (Lipinski definition) is 5. The molecule has 0 amide bonds. The van der Waals surface area contributed by atoms with Crippen LogP contribution < -0.4 is 27.0 Å². The fraction of sp³-hybridized carbons (Fsp3) is 0.727. The molecule has 0 radical (unpaired) electrons. The summed E-state index contributed by atoms with van der Waals surface area (Å²) in [5.74, 6) is 7.16. The Morgan fingerprint density at radius 3 is 2.20 bits per heavy atom. The number of hydrogen-bond acceptors (Lipinski definition) is 8. The third-order valence-electron chi connectivity index (χ3n) is 5.84. The van der Waals surface area contributed by atoms with E-state index in [2.05, 4.69) is 63.8 Å². The summed E-state index contributed by atoms with van der Waals surface area (Å²) >= 11 is 6.30. The Morgan fingerprint density at radius 1 is 0.900 bits per heavy atom. The first-order chi connectivity index (χ1) is 14.6. The lowest BCUT2D eigenvalue weighted by molar-refractivity contribution is 0.286. The van der Waals surface area contributed by atoms with Crippen LogP contribution in [0.3, 0.4) is 0 Å². The molecule has 3 fully saturated rings. The third kappa shape index (κ3) is 8.45. The molecule has 0 saturated carbocycles. The Labute approximate surface area is 195 Å². The van der Waals surface area contributed by atoms with Crippen molar-refractivity contribution in [2.75, 3.05) is 73.1 Å². The molecule has 6 N–H and O–H groups in total. The van der Waals surface area contributed by atoms with Gasteiger partial charge in [-0.25, -0.2) is 0 Å². The highest BCUT2D eigenvalue weighted by atomic mass is 32.2. The average Bonchev–Trinajstić information content (AvgIpc) is 2.74. The molecule has 3 aliphatic rings. The first-order valence-electron chi connectivity index (χ1n) is 11.0. The predicted molar refractivity (Wildman–Crippen MR) is 139 cm³/mol. The maximum atomic E-state index is 5.86. The highest BCUT2D eigenvalue weighted by molar-refractivity contribution is 8.00. The smallest absolute Gasteiger partial charge is 0.0561 e. The van der Waals surface area contributed by atoms with Crippen molar-refractivity contribution in [1.82, 2.24) is 21.3 Å². The van der Waals surface area contributed by atoms with Crippen LogP contribution in [0.15, 0.2) is 24.3 Å². The fourth-order valence-electron chi connectivity index (χ4n) is 3.82. The quantitative estimate of drug-likeness (QED) is 0.432. The van der Waals surface area contributed by atoms with Crippen molar-refractivity contribution in [3.8, 4) is 0 Å². The second-order valence-electron chi connectivity index (χ2n) is 8.87. The Kier molecular flexibility index (Phi) is 10.5. The standard InChI is InChI=1S/C22H39N5S3/c1-21-6-9-30-18-26-15-22(13-24-7-10-28-16-21,14-25-8-11-29-17-21)27-12-19-2-4-20(23)5-3-19/h2-5,24-27H,6-18,23H2,1H3. The number of nitrogen functional groups attached to an aromatic ring is 1. The first-order valence-corrected chi connectivity index (χ1v) is 14.5. The Bertz CT molecular complexity index is 570. The third-order valence-corrected chi connectivity index (χ3v) is 9.53. The van der Waals surface area contributed by atoms with Crippen LogP contribution in [0.5, 0.6) is 0 Å². The number of nitrogens with two attached hydrogens (primary N) is 1. The molecule has 2 bridgehead atoms. The van der Waals surface area contributed by atoms with E-state index >= 15 is 0 Å². The summed E-state index contributed by atoms with van der Waals surface area (Å²) in [4.78, 5) is 0. The second-order valence-corrected chi connectivity index (χ2v) is 12.2. The van der Waals surface area contributed by atoms with Gasteiger partial charge >= 0.3 is 0 Å². The SMILES string of the molecule is CC12CCSCNCC(NCc3ccc(N)cc3)(CNCCSC1)CNCCSC2. The van der Waals surface area contributed by atoms with E-state index in [-0.39, 0.29) is 5.54 Å². The molecule has 1 aromatic carbocycles. The van der Waals surface area contributed by atoms with E-state index in [1.54, 1.807) is 0 Å². The van der Waals surface area contributed by atoms with Crippen LogP contribution in [0.2, 0.25) is 0 Å². The number of anilines is 1. The molecular weight excluding hydrogens is 430 g/mol. The Morgan fingerprint density at radius 2 is 1.53 bits per heavy atom. The molecule has 4 rings (SSSR count). The molecular formula is C22H39N5S3. The molecule has 30 heavy (non-hydrogen) atoms. The van der Waals surface area contributed by atoms with Gasteiger partial charge in [0.2, 0.25) is 0 Å². The Hall–Kier alpha value is -0.0900. The van der Waals surface area contributed by atoms with Crippen LogP contribution in [0, 0.1) is 5.41 Å². The van der Waals surface area contributed by atoms with E-state index in [9.17, 15) is 0 Å². The normalized spacial score (nSPS) is 30.4. The van der Waals surface area contributed by atoms with Gasteiger partial charge in [-0.1, -0.05) is 19.1 Å². The Balaban J connectivity index is 1.70. The van der Waals surface area contributed by atoms with E-state index in [0.29, 0.717) is 5.41 Å². The zero-order valence-electron chi connectivity index (χ0n) is 18.3. The van der Waals surface area contributed by atoms with Crippen molar-refractivity contribution in [3.63, 3.8) is 0 Å². The predicted octanol–water partition coefficient (Wildman–Crippen LogP) is 2.45. The van der Waals surface area contributed by atoms with Crippen molar-refractivity contribution in [3.05, 3.63) is 29.8 Å². The lowest BCUT2D eigenvalue weighted by atomic mass is 9.93. The maximum Gasteiger partial charge on any atom is 0.0561 e. The van der Waals surface area contributed by atoms with Crippen LogP contribution in [0.1, 0.15) is 18.9 Å². The topological polar surface area (TPSA) is 74.1 Å². The van der Waals surface area contributed by atoms with E-state index in [1.807, 2.05) is 23.9 Å². The summed E-state index contributed by atoms with van der Waals surface area (Å²) in [5.41, 5.74) is 8.38. The molecule has 170 valence electrons. The number of fused-ring (bicyclic) bond motifs is 15. The minimum absolute atomic E-state index is 0.0278. The number of benzene rings is 1. The minimum atomic E-state index is -0.0278. The van der Waals surface area contributed by atoms with Crippen molar-refractivity contribution >= 4 is 41.0 Å². The molecule has 0 atom stereocenters. The van der Waals surface area contributed by atoms with Crippen LogP contribution in [0.4, 0.5) is 5.69 Å². The molecule has 1 aromatic rings. The van der Waals surface area contributed by atoms with Gasteiger partial charge < -0.3 is 27.0 Å². The number of rotatable bonds is 3. The summed E-state index contributed by atoms with van der Waals surface area (Å²) in [6.07, 6.45) is 1.31. The van der Waals surface area contributed by atoms with Crippen LogP contribution in [-0.4, -0.2) is 72.9 Å². The van der Waals surface area contributed by atoms with Gasteiger partial charge in [0, 0.05) is 62.3 Å². The molecule has 8 heteroatoms.